The second-order valence-corrected chi connectivity index (χ2v) is 6.14. The highest BCUT2D eigenvalue weighted by Crippen LogP contribution is 2.35. The van der Waals surface area contributed by atoms with E-state index in [1.807, 2.05) is 0 Å². The van der Waals surface area contributed by atoms with Crippen molar-refractivity contribution in [1.82, 2.24) is 10.1 Å². The fourth-order valence-corrected chi connectivity index (χ4v) is 3.03. The summed E-state index contributed by atoms with van der Waals surface area (Å²) >= 11 is 0. The van der Waals surface area contributed by atoms with Gasteiger partial charge in [-0.15, -0.1) is 0 Å². The van der Waals surface area contributed by atoms with Crippen LogP contribution >= 0.6 is 0 Å². The van der Waals surface area contributed by atoms with E-state index in [9.17, 15) is 0 Å². The molecule has 112 valence electrons. The number of nitrogens with zero attached hydrogens (tertiary/aromatic N) is 2. The van der Waals surface area contributed by atoms with Crippen LogP contribution in [0.5, 0.6) is 0 Å². The molecule has 4 heteroatoms. The SMILES string of the molecule is CCc1ccc(C(C)c2nc(C3(N)CCCC3)no2)cc1. The highest BCUT2D eigenvalue weighted by atomic mass is 16.5. The first-order valence-corrected chi connectivity index (χ1v) is 7.84. The van der Waals surface area contributed by atoms with Crippen LogP contribution in [0.15, 0.2) is 28.8 Å². The van der Waals surface area contributed by atoms with Crippen molar-refractivity contribution in [3.63, 3.8) is 0 Å². The van der Waals surface area contributed by atoms with Crippen molar-refractivity contribution in [2.75, 3.05) is 0 Å². The van der Waals surface area contributed by atoms with Gasteiger partial charge in [0.1, 0.15) is 0 Å². The van der Waals surface area contributed by atoms with Crippen molar-refractivity contribution in [2.45, 2.75) is 57.4 Å². The molecule has 1 saturated carbocycles. The normalized spacial score (nSPS) is 18.8. The number of aryl methyl sites for hydroxylation is 1. The molecule has 1 fully saturated rings. The number of nitrogens with two attached hydrogens (primary N) is 1. The van der Waals surface area contributed by atoms with E-state index in [-0.39, 0.29) is 11.5 Å². The lowest BCUT2D eigenvalue weighted by molar-refractivity contribution is 0.344. The fraction of sp³-hybridized carbons (Fsp3) is 0.529. The molecule has 4 nitrogen and oxygen atoms in total. The molecule has 1 aliphatic carbocycles. The molecule has 1 aromatic heterocycles. The maximum absolute atomic E-state index is 6.39. The minimum absolute atomic E-state index is 0.0992. The van der Waals surface area contributed by atoms with E-state index in [4.69, 9.17) is 10.3 Å². The van der Waals surface area contributed by atoms with Gasteiger partial charge in [-0.25, -0.2) is 0 Å². The number of benzene rings is 1. The molecule has 1 atom stereocenters. The molecule has 0 spiro atoms. The van der Waals surface area contributed by atoms with Gasteiger partial charge in [0.05, 0.1) is 11.5 Å². The molecule has 2 N–H and O–H groups in total. The summed E-state index contributed by atoms with van der Waals surface area (Å²) in [6.45, 7) is 4.25. The van der Waals surface area contributed by atoms with Crippen molar-refractivity contribution >= 4 is 0 Å². The van der Waals surface area contributed by atoms with Gasteiger partial charge in [0.15, 0.2) is 5.82 Å². The van der Waals surface area contributed by atoms with Gasteiger partial charge in [0, 0.05) is 0 Å². The summed E-state index contributed by atoms with van der Waals surface area (Å²) in [4.78, 5) is 4.58. The molecule has 0 amide bonds. The third kappa shape index (κ3) is 2.72. The van der Waals surface area contributed by atoms with E-state index in [1.165, 1.54) is 11.1 Å². The predicted molar refractivity (Wildman–Crippen MR) is 82.0 cm³/mol. The Labute approximate surface area is 125 Å². The van der Waals surface area contributed by atoms with Gasteiger partial charge in [-0.3, -0.25) is 0 Å². The molecule has 0 saturated heterocycles. The van der Waals surface area contributed by atoms with Gasteiger partial charge in [-0.1, -0.05) is 49.2 Å². The van der Waals surface area contributed by atoms with Crippen molar-refractivity contribution in [1.29, 1.82) is 0 Å². The Balaban J connectivity index is 1.81. The van der Waals surface area contributed by atoms with E-state index in [0.717, 1.165) is 32.1 Å². The quantitative estimate of drug-likeness (QED) is 0.933. The fourth-order valence-electron chi connectivity index (χ4n) is 3.03. The Hall–Kier alpha value is -1.68. The summed E-state index contributed by atoms with van der Waals surface area (Å²) in [7, 11) is 0. The van der Waals surface area contributed by atoms with Crippen LogP contribution < -0.4 is 5.73 Å². The summed E-state index contributed by atoms with van der Waals surface area (Å²) < 4.78 is 5.47. The van der Waals surface area contributed by atoms with Gasteiger partial charge in [-0.2, -0.15) is 4.98 Å². The first kappa shape index (κ1) is 14.3. The topological polar surface area (TPSA) is 64.9 Å². The molecule has 3 rings (SSSR count). The van der Waals surface area contributed by atoms with E-state index in [2.05, 4.69) is 48.3 Å². The summed E-state index contributed by atoms with van der Waals surface area (Å²) in [5.41, 5.74) is 8.54. The van der Waals surface area contributed by atoms with E-state index in [1.54, 1.807) is 0 Å². The lowest BCUT2D eigenvalue weighted by atomic mass is 9.97. The van der Waals surface area contributed by atoms with Gasteiger partial charge in [0.25, 0.3) is 0 Å². The van der Waals surface area contributed by atoms with Crippen molar-refractivity contribution in [3.05, 3.63) is 47.1 Å². The molecule has 1 heterocycles. The zero-order valence-electron chi connectivity index (χ0n) is 12.8. The molecule has 1 aliphatic rings. The van der Waals surface area contributed by atoms with E-state index < -0.39 is 0 Å². The van der Waals surface area contributed by atoms with Crippen LogP contribution in [0.3, 0.4) is 0 Å². The van der Waals surface area contributed by atoms with Gasteiger partial charge >= 0.3 is 0 Å². The van der Waals surface area contributed by atoms with Gasteiger partial charge < -0.3 is 10.3 Å². The smallest absolute Gasteiger partial charge is 0.233 e. The standard InChI is InChI=1S/C17H23N3O/c1-3-13-6-8-14(9-7-13)12(2)15-19-16(20-21-15)17(18)10-4-5-11-17/h6-9,12H,3-5,10-11,18H2,1-2H3. The Morgan fingerprint density at radius 1 is 1.24 bits per heavy atom. The van der Waals surface area contributed by atoms with Crippen molar-refractivity contribution in [3.8, 4) is 0 Å². The first-order chi connectivity index (χ1) is 10.1. The summed E-state index contributed by atoms with van der Waals surface area (Å²) in [5.74, 6) is 1.43. The van der Waals surface area contributed by atoms with E-state index in [0.29, 0.717) is 11.7 Å². The summed E-state index contributed by atoms with van der Waals surface area (Å²) in [6, 6.07) is 8.59. The highest BCUT2D eigenvalue weighted by molar-refractivity contribution is 5.28. The molecule has 0 bridgehead atoms. The largest absolute Gasteiger partial charge is 0.339 e. The summed E-state index contributed by atoms with van der Waals surface area (Å²) in [6.07, 6.45) is 5.25. The molecule has 2 aromatic rings. The molecular formula is C17H23N3O. The molecular weight excluding hydrogens is 262 g/mol. The monoisotopic (exact) mass is 285 g/mol. The molecule has 0 aliphatic heterocycles. The lowest BCUT2D eigenvalue weighted by Crippen LogP contribution is -2.34. The van der Waals surface area contributed by atoms with Crippen LogP contribution in [0.2, 0.25) is 0 Å². The lowest BCUT2D eigenvalue weighted by Gasteiger charge is -2.17. The Bertz CT molecular complexity index is 597. The molecule has 1 aromatic carbocycles. The second kappa shape index (κ2) is 5.60. The Morgan fingerprint density at radius 3 is 2.52 bits per heavy atom. The van der Waals surface area contributed by atoms with Gasteiger partial charge in [-0.05, 0) is 37.3 Å². The zero-order valence-corrected chi connectivity index (χ0v) is 12.8. The van der Waals surface area contributed by atoms with E-state index >= 15 is 0 Å². The maximum atomic E-state index is 6.39. The molecule has 21 heavy (non-hydrogen) atoms. The molecule has 1 unspecified atom stereocenters. The number of rotatable bonds is 4. The minimum Gasteiger partial charge on any atom is -0.339 e. The predicted octanol–water partition coefficient (Wildman–Crippen LogP) is 3.51. The van der Waals surface area contributed by atoms with Crippen LogP contribution in [0, 0.1) is 0 Å². The van der Waals surface area contributed by atoms with Crippen LogP contribution in [0.1, 0.15) is 68.3 Å². The average molecular weight is 285 g/mol. The van der Waals surface area contributed by atoms with Gasteiger partial charge in [0.2, 0.25) is 5.89 Å². The third-order valence-corrected chi connectivity index (χ3v) is 4.64. The van der Waals surface area contributed by atoms with Crippen molar-refractivity contribution in [2.24, 2.45) is 5.73 Å². The first-order valence-electron chi connectivity index (χ1n) is 7.84. The zero-order chi connectivity index (χ0) is 14.9. The Morgan fingerprint density at radius 2 is 1.90 bits per heavy atom. The Kier molecular flexibility index (Phi) is 3.81. The summed E-state index contributed by atoms with van der Waals surface area (Å²) in [5, 5.41) is 4.14. The van der Waals surface area contributed by atoms with Crippen molar-refractivity contribution < 1.29 is 4.52 Å². The second-order valence-electron chi connectivity index (χ2n) is 6.14. The molecule has 0 radical (unpaired) electrons. The number of hydrogen-bond acceptors (Lipinski definition) is 4. The maximum Gasteiger partial charge on any atom is 0.233 e. The van der Waals surface area contributed by atoms with Crippen LogP contribution in [0.25, 0.3) is 0 Å². The highest BCUT2D eigenvalue weighted by Gasteiger charge is 2.36. The number of aromatic nitrogens is 2. The van der Waals surface area contributed by atoms with Crippen LogP contribution in [-0.2, 0) is 12.0 Å². The minimum atomic E-state index is -0.381. The van der Waals surface area contributed by atoms with Crippen LogP contribution in [0.4, 0.5) is 0 Å². The third-order valence-electron chi connectivity index (χ3n) is 4.64. The van der Waals surface area contributed by atoms with Crippen LogP contribution in [-0.4, -0.2) is 10.1 Å². The average Bonchev–Trinajstić information content (AvgIpc) is 3.16. The number of hydrogen-bond donors (Lipinski definition) is 1.